The summed E-state index contributed by atoms with van der Waals surface area (Å²) < 4.78 is 6.97. The lowest BCUT2D eigenvalue weighted by molar-refractivity contribution is 0.283. The highest BCUT2D eigenvalue weighted by molar-refractivity contribution is 9.10. The molecule has 23 heavy (non-hydrogen) atoms. The van der Waals surface area contributed by atoms with Gasteiger partial charge in [0.2, 0.25) is 0 Å². The van der Waals surface area contributed by atoms with Crippen molar-refractivity contribution in [1.82, 2.24) is 5.32 Å². The van der Waals surface area contributed by atoms with E-state index >= 15 is 0 Å². The fourth-order valence-corrected chi connectivity index (χ4v) is 2.78. The topological polar surface area (TPSA) is 41.5 Å². The molecule has 2 rings (SSSR count). The van der Waals surface area contributed by atoms with Gasteiger partial charge in [0, 0.05) is 33.8 Å². The fraction of sp³-hybridized carbons (Fsp3) is 0.333. The SMILES string of the molecule is OCCCCNCc1cc(Br)ccc1OCc1ccccc1Cl. The van der Waals surface area contributed by atoms with Crippen LogP contribution in [0.1, 0.15) is 24.0 Å². The van der Waals surface area contributed by atoms with E-state index in [1.165, 1.54) is 0 Å². The van der Waals surface area contributed by atoms with Crippen LogP contribution in [-0.2, 0) is 13.2 Å². The van der Waals surface area contributed by atoms with Crippen molar-refractivity contribution in [3.05, 3.63) is 63.1 Å². The molecule has 0 saturated heterocycles. The highest BCUT2D eigenvalue weighted by Crippen LogP contribution is 2.25. The van der Waals surface area contributed by atoms with E-state index in [0.717, 1.165) is 47.3 Å². The standard InChI is InChI=1S/C18H21BrClNO2/c19-16-7-8-18(15(11-16)12-21-9-3-4-10-22)23-13-14-5-1-2-6-17(14)20/h1-2,5-8,11,21-22H,3-4,9-10,12-13H2. The molecule has 2 aromatic rings. The Morgan fingerprint density at radius 1 is 1.09 bits per heavy atom. The van der Waals surface area contributed by atoms with E-state index in [1.807, 2.05) is 36.4 Å². The highest BCUT2D eigenvalue weighted by Gasteiger charge is 2.06. The van der Waals surface area contributed by atoms with Crippen LogP contribution in [0.5, 0.6) is 5.75 Å². The largest absolute Gasteiger partial charge is 0.489 e. The summed E-state index contributed by atoms with van der Waals surface area (Å²) in [6, 6.07) is 13.7. The summed E-state index contributed by atoms with van der Waals surface area (Å²) in [5.74, 6) is 0.850. The van der Waals surface area contributed by atoms with Crippen LogP contribution in [0.2, 0.25) is 5.02 Å². The molecule has 0 fully saturated rings. The van der Waals surface area contributed by atoms with Gasteiger partial charge in [-0.25, -0.2) is 0 Å². The molecular formula is C18H21BrClNO2. The van der Waals surface area contributed by atoms with Crippen molar-refractivity contribution in [2.75, 3.05) is 13.2 Å². The molecule has 0 aliphatic carbocycles. The van der Waals surface area contributed by atoms with E-state index in [9.17, 15) is 0 Å². The first kappa shape index (κ1) is 18.3. The van der Waals surface area contributed by atoms with Crippen LogP contribution < -0.4 is 10.1 Å². The molecule has 0 aliphatic rings. The third-order valence-electron chi connectivity index (χ3n) is 3.44. The van der Waals surface area contributed by atoms with Gasteiger partial charge in [-0.15, -0.1) is 0 Å². The van der Waals surface area contributed by atoms with Crippen molar-refractivity contribution in [2.24, 2.45) is 0 Å². The molecule has 5 heteroatoms. The van der Waals surface area contributed by atoms with Crippen LogP contribution >= 0.6 is 27.5 Å². The van der Waals surface area contributed by atoms with Crippen molar-refractivity contribution in [1.29, 1.82) is 0 Å². The summed E-state index contributed by atoms with van der Waals surface area (Å²) in [6.07, 6.45) is 1.78. The van der Waals surface area contributed by atoms with Crippen molar-refractivity contribution >= 4 is 27.5 Å². The van der Waals surface area contributed by atoms with Crippen LogP contribution in [-0.4, -0.2) is 18.3 Å². The first-order valence-corrected chi connectivity index (χ1v) is 8.84. The Balaban J connectivity index is 1.96. The Kier molecular flexibility index (Phi) is 7.89. The Bertz CT molecular complexity index is 622. The molecule has 0 aromatic heterocycles. The number of aliphatic hydroxyl groups is 1. The predicted octanol–water partition coefficient (Wildman–Crippen LogP) is 4.54. The smallest absolute Gasteiger partial charge is 0.124 e. The van der Waals surface area contributed by atoms with Gasteiger partial charge in [-0.2, -0.15) is 0 Å². The minimum absolute atomic E-state index is 0.241. The number of halogens is 2. The zero-order valence-electron chi connectivity index (χ0n) is 12.9. The molecule has 0 heterocycles. The average molecular weight is 399 g/mol. The molecule has 0 spiro atoms. The maximum absolute atomic E-state index is 8.80. The van der Waals surface area contributed by atoms with Crippen LogP contribution in [0.25, 0.3) is 0 Å². The maximum atomic E-state index is 8.80. The second kappa shape index (κ2) is 9.93. The van der Waals surface area contributed by atoms with Gasteiger partial charge in [-0.3, -0.25) is 0 Å². The third-order valence-corrected chi connectivity index (χ3v) is 4.30. The second-order valence-corrected chi connectivity index (χ2v) is 6.56. The van der Waals surface area contributed by atoms with Gasteiger partial charge in [0.25, 0.3) is 0 Å². The van der Waals surface area contributed by atoms with E-state index in [4.69, 9.17) is 21.4 Å². The normalized spacial score (nSPS) is 10.7. The average Bonchev–Trinajstić information content (AvgIpc) is 2.55. The number of hydrogen-bond donors (Lipinski definition) is 2. The monoisotopic (exact) mass is 397 g/mol. The van der Waals surface area contributed by atoms with E-state index in [2.05, 4.69) is 27.3 Å². The molecule has 2 N–H and O–H groups in total. The van der Waals surface area contributed by atoms with Crippen LogP contribution in [0.4, 0.5) is 0 Å². The van der Waals surface area contributed by atoms with E-state index in [-0.39, 0.29) is 6.61 Å². The van der Waals surface area contributed by atoms with Gasteiger partial charge in [0.15, 0.2) is 0 Å². The van der Waals surface area contributed by atoms with Crippen LogP contribution in [0, 0.1) is 0 Å². The maximum Gasteiger partial charge on any atom is 0.124 e. The zero-order chi connectivity index (χ0) is 16.5. The van der Waals surface area contributed by atoms with E-state index < -0.39 is 0 Å². The molecule has 0 radical (unpaired) electrons. The van der Waals surface area contributed by atoms with Gasteiger partial charge in [-0.05, 0) is 43.7 Å². The molecule has 0 saturated carbocycles. The first-order chi connectivity index (χ1) is 11.2. The zero-order valence-corrected chi connectivity index (χ0v) is 15.2. The number of nitrogens with one attached hydrogen (secondary N) is 1. The Hall–Kier alpha value is -1.07. The summed E-state index contributed by atoms with van der Waals surface area (Å²) in [6.45, 7) is 2.28. The number of ether oxygens (including phenoxy) is 1. The lowest BCUT2D eigenvalue weighted by Gasteiger charge is -2.13. The summed E-state index contributed by atoms with van der Waals surface area (Å²) in [7, 11) is 0. The molecule has 0 amide bonds. The number of rotatable bonds is 9. The van der Waals surface area contributed by atoms with Crippen molar-refractivity contribution in [3.63, 3.8) is 0 Å². The number of benzene rings is 2. The van der Waals surface area contributed by atoms with Crippen molar-refractivity contribution in [2.45, 2.75) is 26.0 Å². The van der Waals surface area contributed by atoms with Gasteiger partial charge in [0.05, 0.1) is 0 Å². The molecule has 2 aromatic carbocycles. The summed E-state index contributed by atoms with van der Waals surface area (Å²) in [4.78, 5) is 0. The minimum Gasteiger partial charge on any atom is -0.489 e. The molecule has 0 atom stereocenters. The Labute approximate surface area is 150 Å². The lowest BCUT2D eigenvalue weighted by atomic mass is 10.2. The first-order valence-electron chi connectivity index (χ1n) is 7.67. The van der Waals surface area contributed by atoms with Gasteiger partial charge < -0.3 is 15.2 Å². The summed E-state index contributed by atoms with van der Waals surface area (Å²) in [5.41, 5.74) is 2.06. The highest BCUT2D eigenvalue weighted by atomic mass is 79.9. The number of hydrogen-bond acceptors (Lipinski definition) is 3. The summed E-state index contributed by atoms with van der Waals surface area (Å²) in [5, 5.41) is 12.9. The molecule has 3 nitrogen and oxygen atoms in total. The number of aliphatic hydroxyl groups excluding tert-OH is 1. The van der Waals surface area contributed by atoms with Crippen molar-refractivity contribution < 1.29 is 9.84 Å². The second-order valence-electron chi connectivity index (χ2n) is 5.24. The third kappa shape index (κ3) is 6.15. The molecule has 0 bridgehead atoms. The summed E-state index contributed by atoms with van der Waals surface area (Å²) >= 11 is 9.67. The van der Waals surface area contributed by atoms with Crippen molar-refractivity contribution in [3.8, 4) is 5.75 Å². The van der Waals surface area contributed by atoms with E-state index in [1.54, 1.807) is 0 Å². The Morgan fingerprint density at radius 3 is 2.70 bits per heavy atom. The molecular weight excluding hydrogens is 378 g/mol. The van der Waals surface area contributed by atoms with E-state index in [0.29, 0.717) is 11.6 Å². The quantitative estimate of drug-likeness (QED) is 0.609. The molecule has 124 valence electrons. The van der Waals surface area contributed by atoms with Gasteiger partial charge in [0.1, 0.15) is 12.4 Å². The minimum atomic E-state index is 0.241. The number of unbranched alkanes of at least 4 members (excludes halogenated alkanes) is 1. The predicted molar refractivity (Wildman–Crippen MR) is 98.0 cm³/mol. The fourth-order valence-electron chi connectivity index (χ4n) is 2.18. The molecule has 0 unspecified atom stereocenters. The molecule has 0 aliphatic heterocycles. The Morgan fingerprint density at radius 2 is 1.91 bits per heavy atom. The lowest BCUT2D eigenvalue weighted by Crippen LogP contribution is -2.16. The van der Waals surface area contributed by atoms with Gasteiger partial charge in [-0.1, -0.05) is 45.7 Å². The van der Waals surface area contributed by atoms with Gasteiger partial charge >= 0.3 is 0 Å². The van der Waals surface area contributed by atoms with Crippen LogP contribution in [0.3, 0.4) is 0 Å². The van der Waals surface area contributed by atoms with Crippen LogP contribution in [0.15, 0.2) is 46.9 Å².